The van der Waals surface area contributed by atoms with Crippen LogP contribution in [0.5, 0.6) is 0 Å². The molecule has 1 aliphatic rings. The van der Waals surface area contributed by atoms with E-state index in [2.05, 4.69) is 11.9 Å². The Labute approximate surface area is 199 Å². The molecule has 4 rings (SSSR count). The molecule has 0 saturated carbocycles. The van der Waals surface area contributed by atoms with E-state index in [0.717, 1.165) is 19.8 Å². The molecule has 6 nitrogen and oxygen atoms in total. The summed E-state index contributed by atoms with van der Waals surface area (Å²) in [4.78, 5) is 19.6. The lowest BCUT2D eigenvalue weighted by atomic mass is 9.98. The van der Waals surface area contributed by atoms with Crippen molar-refractivity contribution in [1.82, 2.24) is 14.6 Å². The normalized spacial score (nSPS) is 16.7. The molecule has 11 heteroatoms. The maximum Gasteiger partial charge on any atom is 0.404 e. The molecule has 182 valence electrons. The lowest BCUT2D eigenvalue weighted by Gasteiger charge is -2.30. The summed E-state index contributed by atoms with van der Waals surface area (Å²) in [5.41, 5.74) is 2.47. The minimum absolute atomic E-state index is 0.176. The van der Waals surface area contributed by atoms with Crippen molar-refractivity contribution in [2.75, 3.05) is 13.1 Å². The first kappa shape index (κ1) is 24.6. The topological polar surface area (TPSA) is 79.4 Å². The number of thiazole rings is 1. The van der Waals surface area contributed by atoms with Crippen LogP contribution in [0.25, 0.3) is 21.2 Å². The number of rotatable bonds is 5. The van der Waals surface area contributed by atoms with Gasteiger partial charge in [-0.3, -0.25) is 4.79 Å². The van der Waals surface area contributed by atoms with Crippen LogP contribution in [0.4, 0.5) is 13.2 Å². The lowest BCUT2D eigenvalue weighted by Crippen LogP contribution is -2.43. The highest BCUT2D eigenvalue weighted by Gasteiger charge is 2.39. The molecule has 1 unspecified atom stereocenters. The molecule has 2 heterocycles. The fourth-order valence-corrected chi connectivity index (χ4v) is 6.28. The Bertz CT molecular complexity index is 1310. The summed E-state index contributed by atoms with van der Waals surface area (Å²) >= 11 is 1.27. The number of sulfonamides is 1. The number of nitrogens with one attached hydrogen (secondary N) is 1. The number of likely N-dealkylation sites (tertiary alicyclic amines) is 1. The van der Waals surface area contributed by atoms with E-state index in [1.807, 2.05) is 0 Å². The molecule has 0 aliphatic carbocycles. The monoisotopic (exact) mass is 511 g/mol. The Balaban J connectivity index is 1.75. The van der Waals surface area contributed by atoms with Crippen molar-refractivity contribution < 1.29 is 26.4 Å². The van der Waals surface area contributed by atoms with Crippen LogP contribution in [-0.2, 0) is 10.0 Å². The zero-order chi connectivity index (χ0) is 24.7. The van der Waals surface area contributed by atoms with Crippen LogP contribution >= 0.6 is 11.3 Å². The largest absolute Gasteiger partial charge is 0.404 e. The van der Waals surface area contributed by atoms with Gasteiger partial charge in [-0.1, -0.05) is 37.3 Å². The van der Waals surface area contributed by atoms with Gasteiger partial charge in [-0.05, 0) is 37.1 Å². The van der Waals surface area contributed by atoms with Crippen LogP contribution in [0.3, 0.4) is 0 Å². The number of hydrogen-bond donors (Lipinski definition) is 1. The summed E-state index contributed by atoms with van der Waals surface area (Å²) in [6.45, 7) is 4.21. The zero-order valence-electron chi connectivity index (χ0n) is 18.6. The molecule has 1 amide bonds. The van der Waals surface area contributed by atoms with Crippen molar-refractivity contribution >= 4 is 38.0 Å². The van der Waals surface area contributed by atoms with Crippen LogP contribution < -0.4 is 4.72 Å². The molecule has 3 aromatic rings. The molecular weight excluding hydrogens is 487 g/mol. The molecule has 0 bridgehead atoms. The van der Waals surface area contributed by atoms with Crippen molar-refractivity contribution in [2.24, 2.45) is 5.92 Å². The van der Waals surface area contributed by atoms with E-state index in [1.54, 1.807) is 39.4 Å². The van der Waals surface area contributed by atoms with Crippen LogP contribution in [0.15, 0.2) is 46.8 Å². The third-order valence-electron chi connectivity index (χ3n) is 6.08. The number of nitrogens with zero attached hydrogens (tertiary/aromatic N) is 2. The maximum absolute atomic E-state index is 13.2. The van der Waals surface area contributed by atoms with Gasteiger partial charge in [0.05, 0.1) is 15.3 Å². The quantitative estimate of drug-likeness (QED) is 0.519. The SMILES string of the molecule is CC1CCN(C(=O)c2ncsc2-c2ccc(S(=O)(=O)NC(C)C(F)(F)F)c3ccccc23)CC1. The molecule has 34 heavy (non-hydrogen) atoms. The van der Waals surface area contributed by atoms with E-state index in [4.69, 9.17) is 0 Å². The number of amides is 1. The number of carbonyl (C=O) groups excluding carboxylic acids is 1. The van der Waals surface area contributed by atoms with Gasteiger partial charge < -0.3 is 4.90 Å². The second-order valence-electron chi connectivity index (χ2n) is 8.55. The van der Waals surface area contributed by atoms with Gasteiger partial charge in [0.2, 0.25) is 10.0 Å². The predicted molar refractivity (Wildman–Crippen MR) is 125 cm³/mol. The number of alkyl halides is 3. The summed E-state index contributed by atoms with van der Waals surface area (Å²) in [6, 6.07) is 7.12. The number of carbonyl (C=O) groups is 1. The number of halogens is 3. The van der Waals surface area contributed by atoms with E-state index < -0.39 is 22.2 Å². The van der Waals surface area contributed by atoms with E-state index in [9.17, 15) is 26.4 Å². The Hall–Kier alpha value is -2.50. The molecule has 0 radical (unpaired) electrons. The third-order valence-corrected chi connectivity index (χ3v) is 8.54. The Morgan fingerprint density at radius 3 is 2.44 bits per heavy atom. The van der Waals surface area contributed by atoms with Crippen LogP contribution in [-0.4, -0.2) is 49.5 Å². The van der Waals surface area contributed by atoms with Gasteiger partial charge in [0, 0.05) is 24.0 Å². The van der Waals surface area contributed by atoms with E-state index >= 15 is 0 Å². The van der Waals surface area contributed by atoms with Crippen molar-refractivity contribution in [2.45, 2.75) is 43.8 Å². The Morgan fingerprint density at radius 2 is 1.79 bits per heavy atom. The summed E-state index contributed by atoms with van der Waals surface area (Å²) in [5.74, 6) is 0.385. The highest BCUT2D eigenvalue weighted by atomic mass is 32.2. The second kappa shape index (κ2) is 9.27. The molecule has 1 aromatic heterocycles. The number of piperidine rings is 1. The minimum Gasteiger partial charge on any atom is -0.337 e. The van der Waals surface area contributed by atoms with E-state index in [1.165, 1.54) is 23.5 Å². The number of hydrogen-bond acceptors (Lipinski definition) is 5. The molecule has 1 N–H and O–H groups in total. The maximum atomic E-state index is 13.2. The second-order valence-corrected chi connectivity index (χ2v) is 11.1. The van der Waals surface area contributed by atoms with Crippen LogP contribution in [0.2, 0.25) is 0 Å². The molecule has 1 saturated heterocycles. The first-order valence-electron chi connectivity index (χ1n) is 10.8. The summed E-state index contributed by atoms with van der Waals surface area (Å²) in [6.07, 6.45) is -2.87. The molecular formula is C23H24F3N3O3S2. The Kier molecular flexibility index (Phi) is 6.71. The highest BCUT2D eigenvalue weighted by molar-refractivity contribution is 7.89. The van der Waals surface area contributed by atoms with Crippen molar-refractivity contribution in [3.8, 4) is 10.4 Å². The first-order chi connectivity index (χ1) is 16.0. The zero-order valence-corrected chi connectivity index (χ0v) is 20.2. The van der Waals surface area contributed by atoms with Crippen molar-refractivity contribution in [1.29, 1.82) is 0 Å². The predicted octanol–water partition coefficient (Wildman–Crippen LogP) is 5.06. The summed E-state index contributed by atoms with van der Waals surface area (Å²) < 4.78 is 66.3. The average Bonchev–Trinajstić information content (AvgIpc) is 3.27. The number of fused-ring (bicyclic) bond motifs is 1. The smallest absolute Gasteiger partial charge is 0.337 e. The van der Waals surface area contributed by atoms with Crippen LogP contribution in [0.1, 0.15) is 37.2 Å². The van der Waals surface area contributed by atoms with Gasteiger partial charge in [0.1, 0.15) is 11.7 Å². The van der Waals surface area contributed by atoms with Gasteiger partial charge in [-0.15, -0.1) is 11.3 Å². The number of benzene rings is 2. The summed E-state index contributed by atoms with van der Waals surface area (Å²) in [7, 11) is -4.46. The first-order valence-corrected chi connectivity index (χ1v) is 13.2. The molecule has 1 fully saturated rings. The fourth-order valence-electron chi connectivity index (χ4n) is 4.02. The fraction of sp³-hybridized carbons (Fsp3) is 0.391. The Morgan fingerprint density at radius 1 is 1.15 bits per heavy atom. The standard InChI is InChI=1S/C23H24F3N3O3S2/c1-14-9-11-29(12-10-14)22(30)20-21(33-13-27-20)18-7-8-19(17-6-4-3-5-16(17)18)34(31,32)28-15(2)23(24,25)26/h3-8,13-15,28H,9-12H2,1-2H3. The van der Waals surface area contributed by atoms with Crippen LogP contribution in [0, 0.1) is 5.92 Å². The molecule has 1 atom stereocenters. The lowest BCUT2D eigenvalue weighted by molar-refractivity contribution is -0.147. The highest BCUT2D eigenvalue weighted by Crippen LogP contribution is 2.37. The average molecular weight is 512 g/mol. The molecule has 1 aliphatic heterocycles. The number of aromatic nitrogens is 1. The molecule has 2 aromatic carbocycles. The van der Waals surface area contributed by atoms with Gasteiger partial charge in [-0.25, -0.2) is 13.4 Å². The minimum atomic E-state index is -4.72. The van der Waals surface area contributed by atoms with Gasteiger partial charge in [-0.2, -0.15) is 17.9 Å². The van der Waals surface area contributed by atoms with E-state index in [-0.39, 0.29) is 16.2 Å². The van der Waals surface area contributed by atoms with E-state index in [0.29, 0.717) is 40.5 Å². The molecule has 0 spiro atoms. The third kappa shape index (κ3) is 4.82. The van der Waals surface area contributed by atoms with Gasteiger partial charge >= 0.3 is 6.18 Å². The van der Waals surface area contributed by atoms with Crippen molar-refractivity contribution in [3.05, 3.63) is 47.6 Å². The van der Waals surface area contributed by atoms with Crippen molar-refractivity contribution in [3.63, 3.8) is 0 Å². The summed E-state index contributed by atoms with van der Waals surface area (Å²) in [5, 5.41) is 0.774. The van der Waals surface area contributed by atoms with Gasteiger partial charge in [0.15, 0.2) is 0 Å². The van der Waals surface area contributed by atoms with Gasteiger partial charge in [0.25, 0.3) is 5.91 Å².